The Morgan fingerprint density at radius 1 is 0.750 bits per heavy atom. The van der Waals surface area contributed by atoms with Gasteiger partial charge in [0.05, 0.1) is 4.90 Å². The Morgan fingerprint density at radius 2 is 1.46 bits per heavy atom. The summed E-state index contributed by atoms with van der Waals surface area (Å²) >= 11 is 0. The number of nitrogens with one attached hydrogen (secondary N) is 2. The summed E-state index contributed by atoms with van der Waals surface area (Å²) in [6.07, 6.45) is 1.42. The Hall–Kier alpha value is -3.05. The van der Waals surface area contributed by atoms with Gasteiger partial charge in [-0.1, -0.05) is 12.1 Å². The van der Waals surface area contributed by atoms with E-state index in [0.29, 0.717) is 0 Å². The van der Waals surface area contributed by atoms with E-state index in [4.69, 9.17) is 0 Å². The van der Waals surface area contributed by atoms with Gasteiger partial charge in [0.2, 0.25) is 0 Å². The fourth-order valence-electron chi connectivity index (χ4n) is 2.22. The Kier molecular flexibility index (Phi) is 5.29. The van der Waals surface area contributed by atoms with Crippen molar-refractivity contribution in [3.8, 4) is 0 Å². The normalized spacial score (nSPS) is 11.8. The summed E-state index contributed by atoms with van der Waals surface area (Å²) in [4.78, 5) is 2.86. The highest BCUT2D eigenvalue weighted by molar-refractivity contribution is 7.93. The lowest BCUT2D eigenvalue weighted by Gasteiger charge is -2.11. The van der Waals surface area contributed by atoms with Gasteiger partial charge in [0, 0.05) is 11.9 Å². The van der Waals surface area contributed by atoms with Gasteiger partial charge in [-0.05, 0) is 48.5 Å². The minimum Gasteiger partial charge on any atom is -0.280 e. The monoisotopic (exact) mass is 425 g/mol. The van der Waals surface area contributed by atoms with Gasteiger partial charge in [-0.15, -0.1) is 0 Å². The molecule has 0 unspecified atom stereocenters. The average molecular weight is 425 g/mol. The van der Waals surface area contributed by atoms with Crippen LogP contribution in [-0.2, 0) is 20.0 Å². The van der Waals surface area contributed by atoms with Gasteiger partial charge < -0.3 is 0 Å². The van der Waals surface area contributed by atoms with Gasteiger partial charge in [-0.2, -0.15) is 0 Å². The summed E-state index contributed by atoms with van der Waals surface area (Å²) in [6, 6.07) is 12.1. The van der Waals surface area contributed by atoms with E-state index < -0.39 is 36.6 Å². The van der Waals surface area contributed by atoms with Gasteiger partial charge in [-0.3, -0.25) is 9.44 Å². The fourth-order valence-corrected chi connectivity index (χ4v) is 4.38. The summed E-state index contributed by atoms with van der Waals surface area (Å²) in [5, 5.41) is 0. The number of benzene rings is 2. The first-order valence-electron chi connectivity index (χ1n) is 7.70. The number of anilines is 2. The molecule has 0 amide bonds. The quantitative estimate of drug-likeness (QED) is 0.632. The third kappa shape index (κ3) is 4.26. The Bertz CT molecular complexity index is 1200. The molecule has 2 aromatic carbocycles. The minimum atomic E-state index is -4.40. The smallest absolute Gasteiger partial charge is 0.264 e. The molecule has 1 heterocycles. The fraction of sp³-hybridized carbons (Fsp3) is 0. The molecule has 0 fully saturated rings. The van der Waals surface area contributed by atoms with Crippen LogP contribution in [-0.4, -0.2) is 21.8 Å². The van der Waals surface area contributed by atoms with Gasteiger partial charge in [-0.25, -0.2) is 30.6 Å². The Balaban J connectivity index is 1.82. The first-order chi connectivity index (χ1) is 13.2. The van der Waals surface area contributed by atoms with E-state index in [1.54, 1.807) is 12.1 Å². The number of hydrogen-bond acceptors (Lipinski definition) is 5. The first-order valence-corrected chi connectivity index (χ1v) is 10.7. The van der Waals surface area contributed by atoms with E-state index in [2.05, 4.69) is 14.4 Å². The van der Waals surface area contributed by atoms with E-state index in [0.717, 1.165) is 30.3 Å². The largest absolute Gasteiger partial charge is 0.280 e. The number of sulfonamides is 2. The second kappa shape index (κ2) is 7.52. The van der Waals surface area contributed by atoms with Crippen LogP contribution in [0.5, 0.6) is 0 Å². The number of halogens is 2. The van der Waals surface area contributed by atoms with Crippen molar-refractivity contribution in [2.45, 2.75) is 9.79 Å². The van der Waals surface area contributed by atoms with Crippen molar-refractivity contribution < 1.29 is 25.6 Å². The molecule has 0 aliphatic rings. The molecular weight excluding hydrogens is 412 g/mol. The Labute approximate surface area is 160 Å². The molecule has 146 valence electrons. The molecule has 0 saturated carbocycles. The number of hydrogen-bond donors (Lipinski definition) is 2. The number of nitrogens with zero attached hydrogens (tertiary/aromatic N) is 1. The molecule has 11 heteroatoms. The van der Waals surface area contributed by atoms with Crippen LogP contribution >= 0.6 is 0 Å². The predicted molar refractivity (Wildman–Crippen MR) is 98.7 cm³/mol. The van der Waals surface area contributed by atoms with Crippen molar-refractivity contribution in [1.82, 2.24) is 4.98 Å². The summed E-state index contributed by atoms with van der Waals surface area (Å²) in [5.41, 5.74) is -0.0274. The molecule has 0 aliphatic heterocycles. The van der Waals surface area contributed by atoms with Crippen molar-refractivity contribution in [2.75, 3.05) is 9.44 Å². The molecule has 0 atom stereocenters. The van der Waals surface area contributed by atoms with Gasteiger partial charge in [0.15, 0.2) is 11.6 Å². The third-order valence-corrected chi connectivity index (χ3v) is 6.30. The van der Waals surface area contributed by atoms with Crippen LogP contribution in [0.25, 0.3) is 0 Å². The zero-order valence-electron chi connectivity index (χ0n) is 14.0. The maximum absolute atomic E-state index is 13.7. The lowest BCUT2D eigenvalue weighted by atomic mass is 10.3. The molecule has 0 spiro atoms. The van der Waals surface area contributed by atoms with Crippen LogP contribution < -0.4 is 9.44 Å². The number of aromatic nitrogens is 1. The molecule has 2 N–H and O–H groups in total. The minimum absolute atomic E-state index is 0.0274. The molecule has 3 rings (SSSR count). The van der Waals surface area contributed by atoms with E-state index in [1.807, 2.05) is 0 Å². The maximum Gasteiger partial charge on any atom is 0.264 e. The summed E-state index contributed by atoms with van der Waals surface area (Å²) in [7, 11) is -8.34. The summed E-state index contributed by atoms with van der Waals surface area (Å²) in [5.74, 6) is -2.69. The average Bonchev–Trinajstić information content (AvgIpc) is 2.64. The second-order valence-corrected chi connectivity index (χ2v) is 8.84. The lowest BCUT2D eigenvalue weighted by Crippen LogP contribution is -2.16. The van der Waals surface area contributed by atoms with Gasteiger partial charge in [0.25, 0.3) is 20.0 Å². The van der Waals surface area contributed by atoms with E-state index in [-0.39, 0.29) is 16.4 Å². The standard InChI is InChI=1S/C17H13F2N3O4S2/c18-14-4-3-5-15(17(14)19)28(25,26)21-12-7-9-13(10-8-12)27(23,24)22-16-6-1-2-11-20-16/h1-11,21H,(H,20,22). The molecule has 0 saturated heterocycles. The van der Waals surface area contributed by atoms with Crippen LogP contribution in [0.1, 0.15) is 0 Å². The zero-order valence-corrected chi connectivity index (χ0v) is 15.6. The number of rotatable bonds is 6. The van der Waals surface area contributed by atoms with Gasteiger partial charge >= 0.3 is 0 Å². The van der Waals surface area contributed by atoms with Crippen LogP contribution in [0.3, 0.4) is 0 Å². The van der Waals surface area contributed by atoms with E-state index >= 15 is 0 Å². The first kappa shape index (κ1) is 19.7. The third-order valence-electron chi connectivity index (χ3n) is 3.53. The van der Waals surface area contributed by atoms with Crippen molar-refractivity contribution in [3.05, 3.63) is 78.5 Å². The van der Waals surface area contributed by atoms with Crippen molar-refractivity contribution in [3.63, 3.8) is 0 Å². The molecule has 7 nitrogen and oxygen atoms in total. The van der Waals surface area contributed by atoms with Crippen molar-refractivity contribution in [1.29, 1.82) is 0 Å². The summed E-state index contributed by atoms with van der Waals surface area (Å²) in [6.45, 7) is 0. The Morgan fingerprint density at radius 3 is 2.11 bits per heavy atom. The van der Waals surface area contributed by atoms with Crippen LogP contribution in [0.15, 0.2) is 76.7 Å². The highest BCUT2D eigenvalue weighted by atomic mass is 32.2. The number of pyridine rings is 1. The lowest BCUT2D eigenvalue weighted by molar-refractivity contribution is 0.485. The highest BCUT2D eigenvalue weighted by Gasteiger charge is 2.22. The van der Waals surface area contributed by atoms with E-state index in [1.165, 1.54) is 24.4 Å². The molecule has 3 aromatic rings. The van der Waals surface area contributed by atoms with Gasteiger partial charge in [0.1, 0.15) is 10.7 Å². The topological polar surface area (TPSA) is 105 Å². The highest BCUT2D eigenvalue weighted by Crippen LogP contribution is 2.22. The molecule has 0 radical (unpaired) electrons. The molecule has 28 heavy (non-hydrogen) atoms. The van der Waals surface area contributed by atoms with Crippen LogP contribution in [0, 0.1) is 11.6 Å². The molecule has 1 aromatic heterocycles. The predicted octanol–water partition coefficient (Wildman–Crippen LogP) is 2.96. The van der Waals surface area contributed by atoms with Crippen LogP contribution in [0.2, 0.25) is 0 Å². The summed E-state index contributed by atoms with van der Waals surface area (Å²) < 4.78 is 80.5. The van der Waals surface area contributed by atoms with Crippen molar-refractivity contribution in [2.24, 2.45) is 0 Å². The molecule has 0 aliphatic carbocycles. The van der Waals surface area contributed by atoms with Crippen molar-refractivity contribution >= 4 is 31.6 Å². The van der Waals surface area contributed by atoms with Crippen LogP contribution in [0.4, 0.5) is 20.3 Å². The second-order valence-electron chi connectivity index (χ2n) is 5.50. The van der Waals surface area contributed by atoms with E-state index in [9.17, 15) is 25.6 Å². The zero-order chi connectivity index (χ0) is 20.4. The molecular formula is C17H13F2N3O4S2. The SMILES string of the molecule is O=S(=O)(Nc1ccccn1)c1ccc(NS(=O)(=O)c2cccc(F)c2F)cc1. The maximum atomic E-state index is 13.7. The molecule has 0 bridgehead atoms.